The van der Waals surface area contributed by atoms with E-state index in [0.29, 0.717) is 17.2 Å². The topological polar surface area (TPSA) is 113 Å². The van der Waals surface area contributed by atoms with E-state index in [1.807, 2.05) is 36.4 Å². The molecule has 0 unspecified atom stereocenters. The van der Waals surface area contributed by atoms with Crippen LogP contribution in [0.25, 0.3) is 11.4 Å². The van der Waals surface area contributed by atoms with Crippen LogP contribution in [0.3, 0.4) is 0 Å². The van der Waals surface area contributed by atoms with Crippen LogP contribution >= 0.6 is 0 Å². The molecule has 0 bridgehead atoms. The number of carbonyl (C=O) groups excluding carboxylic acids is 1. The number of imidazole rings is 1. The molecule has 0 atom stereocenters. The number of aryl methyl sites for hydroxylation is 1. The van der Waals surface area contributed by atoms with Crippen LogP contribution in [-0.2, 0) is 10.0 Å². The van der Waals surface area contributed by atoms with E-state index in [2.05, 4.69) is 20.0 Å². The maximum Gasteiger partial charge on any atom is 0.273 e. The number of aromatic nitrogens is 2. The highest BCUT2D eigenvalue weighted by atomic mass is 32.2. The van der Waals surface area contributed by atoms with Crippen LogP contribution < -0.4 is 14.8 Å². The second-order valence-corrected chi connectivity index (χ2v) is 8.90. The predicted molar refractivity (Wildman–Crippen MR) is 127 cm³/mol. The number of H-pyrrole nitrogens is 1. The van der Waals surface area contributed by atoms with Gasteiger partial charge < -0.3 is 15.0 Å². The first-order valence-electron chi connectivity index (χ1n) is 10.1. The number of methoxy groups -OCH3 is 1. The fraction of sp³-hybridized carbons (Fsp3) is 0.0833. The number of sulfonamides is 1. The van der Waals surface area contributed by atoms with Crippen LogP contribution in [0.2, 0.25) is 0 Å². The molecule has 0 radical (unpaired) electrons. The highest BCUT2D eigenvalue weighted by molar-refractivity contribution is 7.92. The number of hydrogen-bond acceptors (Lipinski definition) is 5. The zero-order chi connectivity index (χ0) is 23.4. The lowest BCUT2D eigenvalue weighted by Crippen LogP contribution is -2.16. The van der Waals surface area contributed by atoms with Gasteiger partial charge in [0, 0.05) is 11.3 Å². The molecule has 1 aromatic heterocycles. The van der Waals surface area contributed by atoms with E-state index in [9.17, 15) is 13.2 Å². The van der Waals surface area contributed by atoms with Crippen molar-refractivity contribution >= 4 is 27.3 Å². The lowest BCUT2D eigenvalue weighted by Gasteiger charge is -2.14. The summed E-state index contributed by atoms with van der Waals surface area (Å²) in [6.07, 6.45) is 1.43. The first-order valence-corrected chi connectivity index (χ1v) is 11.5. The Morgan fingerprint density at radius 2 is 1.73 bits per heavy atom. The third-order valence-corrected chi connectivity index (χ3v) is 6.35. The molecule has 33 heavy (non-hydrogen) atoms. The standard InChI is InChI=1S/C24H22N4O4S/c1-16-8-6-7-11-19(16)28-33(30,31)22-14-18(12-13-21(22)32-2)26-24(29)20-15-25-23(27-20)17-9-4-3-5-10-17/h3-15,28H,1-2H3,(H,25,27)(H,26,29). The van der Waals surface area contributed by atoms with Crippen molar-refractivity contribution in [2.45, 2.75) is 11.8 Å². The Kier molecular flexibility index (Phi) is 6.14. The Balaban J connectivity index is 1.59. The Morgan fingerprint density at radius 1 is 1.00 bits per heavy atom. The quantitative estimate of drug-likeness (QED) is 0.376. The van der Waals surface area contributed by atoms with Crippen LogP contribution in [0.4, 0.5) is 11.4 Å². The summed E-state index contributed by atoms with van der Waals surface area (Å²) in [6.45, 7) is 1.81. The summed E-state index contributed by atoms with van der Waals surface area (Å²) in [4.78, 5) is 19.9. The normalized spacial score (nSPS) is 11.1. The SMILES string of the molecule is COc1ccc(NC(=O)c2cnc(-c3ccccc3)[nH]2)cc1S(=O)(=O)Nc1ccccc1C. The van der Waals surface area contributed by atoms with Crippen molar-refractivity contribution in [3.8, 4) is 17.1 Å². The average Bonchev–Trinajstić information content (AvgIpc) is 3.32. The summed E-state index contributed by atoms with van der Waals surface area (Å²) in [7, 11) is -2.59. The van der Waals surface area contributed by atoms with Crippen LogP contribution in [-0.4, -0.2) is 31.4 Å². The summed E-state index contributed by atoms with van der Waals surface area (Å²) < 4.78 is 34.0. The van der Waals surface area contributed by atoms with E-state index in [1.165, 1.54) is 25.4 Å². The molecule has 0 saturated heterocycles. The zero-order valence-electron chi connectivity index (χ0n) is 18.0. The maximum atomic E-state index is 13.1. The Bertz CT molecular complexity index is 1400. The first kappa shape index (κ1) is 22.1. The number of anilines is 2. The number of amides is 1. The number of benzene rings is 3. The molecule has 9 heteroatoms. The monoisotopic (exact) mass is 462 g/mol. The van der Waals surface area contributed by atoms with E-state index in [0.717, 1.165) is 11.1 Å². The molecule has 0 saturated carbocycles. The fourth-order valence-electron chi connectivity index (χ4n) is 3.23. The van der Waals surface area contributed by atoms with Crippen molar-refractivity contribution in [2.24, 2.45) is 0 Å². The summed E-state index contributed by atoms with van der Waals surface area (Å²) >= 11 is 0. The number of carbonyl (C=O) groups is 1. The second kappa shape index (κ2) is 9.17. The van der Waals surface area contributed by atoms with Crippen molar-refractivity contribution in [1.82, 2.24) is 9.97 Å². The largest absolute Gasteiger partial charge is 0.495 e. The average molecular weight is 463 g/mol. The second-order valence-electron chi connectivity index (χ2n) is 7.25. The molecular formula is C24H22N4O4S. The van der Waals surface area contributed by atoms with Gasteiger partial charge in [-0.05, 0) is 36.8 Å². The van der Waals surface area contributed by atoms with Gasteiger partial charge in [-0.1, -0.05) is 48.5 Å². The predicted octanol–water partition coefficient (Wildman–Crippen LogP) is 4.45. The minimum absolute atomic E-state index is 0.0966. The van der Waals surface area contributed by atoms with Gasteiger partial charge in [-0.15, -0.1) is 0 Å². The van der Waals surface area contributed by atoms with Crippen LogP contribution in [0.1, 0.15) is 16.1 Å². The molecule has 4 rings (SSSR count). The summed E-state index contributed by atoms with van der Waals surface area (Å²) in [5.41, 5.74) is 2.61. The van der Waals surface area contributed by atoms with Gasteiger partial charge in [-0.2, -0.15) is 0 Å². The highest BCUT2D eigenvalue weighted by Crippen LogP contribution is 2.30. The minimum atomic E-state index is -3.98. The molecule has 0 aliphatic rings. The highest BCUT2D eigenvalue weighted by Gasteiger charge is 2.22. The maximum absolute atomic E-state index is 13.1. The lowest BCUT2D eigenvalue weighted by atomic mass is 10.2. The van der Waals surface area contributed by atoms with Gasteiger partial charge in [0.25, 0.3) is 15.9 Å². The number of aromatic amines is 1. The van der Waals surface area contributed by atoms with Gasteiger partial charge in [-0.25, -0.2) is 13.4 Å². The third-order valence-electron chi connectivity index (χ3n) is 4.97. The smallest absolute Gasteiger partial charge is 0.273 e. The number of nitrogens with zero attached hydrogens (tertiary/aromatic N) is 1. The summed E-state index contributed by atoms with van der Waals surface area (Å²) in [5.74, 6) is 0.258. The van der Waals surface area contributed by atoms with Gasteiger partial charge in [0.05, 0.1) is 19.0 Å². The first-order chi connectivity index (χ1) is 15.9. The van der Waals surface area contributed by atoms with E-state index < -0.39 is 15.9 Å². The summed E-state index contributed by atoms with van der Waals surface area (Å²) in [6, 6.07) is 20.9. The van der Waals surface area contributed by atoms with Crippen molar-refractivity contribution in [3.63, 3.8) is 0 Å². The minimum Gasteiger partial charge on any atom is -0.495 e. The molecule has 8 nitrogen and oxygen atoms in total. The molecule has 3 N–H and O–H groups in total. The molecule has 4 aromatic rings. The number of rotatable bonds is 7. The molecule has 0 fully saturated rings. The number of hydrogen-bond donors (Lipinski definition) is 3. The Morgan fingerprint density at radius 3 is 2.45 bits per heavy atom. The van der Waals surface area contributed by atoms with E-state index >= 15 is 0 Å². The third kappa shape index (κ3) is 4.88. The Hall–Kier alpha value is -4.11. The van der Waals surface area contributed by atoms with Crippen LogP contribution in [0.15, 0.2) is 83.9 Å². The van der Waals surface area contributed by atoms with E-state index in [1.54, 1.807) is 31.2 Å². The molecule has 0 aliphatic carbocycles. The number of nitrogens with one attached hydrogen (secondary N) is 3. The van der Waals surface area contributed by atoms with Crippen molar-refractivity contribution in [2.75, 3.05) is 17.1 Å². The number of para-hydroxylation sites is 1. The molecule has 0 aliphatic heterocycles. The van der Waals surface area contributed by atoms with Crippen molar-refractivity contribution in [3.05, 3.63) is 90.3 Å². The lowest BCUT2D eigenvalue weighted by molar-refractivity contribution is 0.102. The molecule has 0 spiro atoms. The van der Waals surface area contributed by atoms with Crippen LogP contribution in [0, 0.1) is 6.92 Å². The van der Waals surface area contributed by atoms with Crippen molar-refractivity contribution < 1.29 is 17.9 Å². The van der Waals surface area contributed by atoms with Gasteiger partial charge in [0.2, 0.25) is 0 Å². The Labute approximate surface area is 191 Å². The molecule has 3 aromatic carbocycles. The van der Waals surface area contributed by atoms with E-state index in [-0.39, 0.29) is 16.3 Å². The fourth-order valence-corrected chi connectivity index (χ4v) is 4.56. The molecule has 168 valence electrons. The van der Waals surface area contributed by atoms with Gasteiger partial charge in [0.15, 0.2) is 0 Å². The molecule has 1 amide bonds. The van der Waals surface area contributed by atoms with Crippen molar-refractivity contribution in [1.29, 1.82) is 0 Å². The van der Waals surface area contributed by atoms with E-state index in [4.69, 9.17) is 4.74 Å². The van der Waals surface area contributed by atoms with Gasteiger partial charge in [-0.3, -0.25) is 9.52 Å². The number of ether oxygens (including phenoxy) is 1. The summed E-state index contributed by atoms with van der Waals surface area (Å²) in [5, 5.41) is 2.70. The van der Waals surface area contributed by atoms with Crippen LogP contribution in [0.5, 0.6) is 5.75 Å². The van der Waals surface area contributed by atoms with Gasteiger partial charge >= 0.3 is 0 Å². The molecule has 1 heterocycles. The zero-order valence-corrected chi connectivity index (χ0v) is 18.8. The van der Waals surface area contributed by atoms with Gasteiger partial charge in [0.1, 0.15) is 22.2 Å². The molecular weight excluding hydrogens is 440 g/mol.